The second kappa shape index (κ2) is 23.6. The zero-order chi connectivity index (χ0) is 38.5. The molecule has 0 saturated heterocycles. The number of ether oxygens (including phenoxy) is 4. The van der Waals surface area contributed by atoms with Gasteiger partial charge in [0.15, 0.2) is 0 Å². The van der Waals surface area contributed by atoms with Crippen molar-refractivity contribution in [2.45, 2.75) is 51.4 Å². The predicted molar refractivity (Wildman–Crippen MR) is 216 cm³/mol. The third kappa shape index (κ3) is 18.5. The molecule has 0 aliphatic heterocycles. The van der Waals surface area contributed by atoms with E-state index in [4.69, 9.17) is 28.3 Å². The van der Waals surface area contributed by atoms with Crippen LogP contribution in [0.15, 0.2) is 97.1 Å². The van der Waals surface area contributed by atoms with Crippen LogP contribution in [0.4, 0.5) is 0 Å². The van der Waals surface area contributed by atoms with Gasteiger partial charge in [-0.05, 0) is 134 Å². The topological polar surface area (TPSA) is 75.6 Å². The number of methoxy groups -OCH3 is 4. The van der Waals surface area contributed by atoms with Crippen LogP contribution >= 0.6 is 0 Å². The molecule has 0 aromatic heterocycles. The van der Waals surface area contributed by atoms with Gasteiger partial charge in [0.25, 0.3) is 0 Å². The van der Waals surface area contributed by atoms with E-state index in [0.717, 1.165) is 78.8 Å². The highest BCUT2D eigenvalue weighted by atomic mass is 16.7. The van der Waals surface area contributed by atoms with Crippen LogP contribution < -0.4 is 18.9 Å². The van der Waals surface area contributed by atoms with Crippen LogP contribution in [0.3, 0.4) is 0 Å². The molecule has 0 heterocycles. The lowest BCUT2D eigenvalue weighted by atomic mass is 9.89. The molecule has 0 bridgehead atoms. The average molecular weight is 729 g/mol. The Balaban J connectivity index is 0.00000141. The lowest BCUT2D eigenvalue weighted by Gasteiger charge is -2.19. The molecule has 0 atom stereocenters. The van der Waals surface area contributed by atoms with Gasteiger partial charge in [-0.25, -0.2) is 0 Å². The molecule has 0 saturated carbocycles. The molecule has 0 fully saturated rings. The van der Waals surface area contributed by atoms with Crippen molar-refractivity contribution >= 4 is 7.32 Å². The number of quaternary nitrogens is 1. The van der Waals surface area contributed by atoms with Crippen molar-refractivity contribution in [3.63, 3.8) is 0 Å². The predicted octanol–water partition coefficient (Wildman–Crippen LogP) is 8.12. The highest BCUT2D eigenvalue weighted by molar-refractivity contribution is 6.34. The maximum Gasteiger partial charge on any atom is 0.636 e. The Labute approximate surface area is 319 Å². The lowest BCUT2D eigenvalue weighted by molar-refractivity contribution is -0.849. The summed E-state index contributed by atoms with van der Waals surface area (Å²) in [5, 5.41) is 10.4. The minimum Gasteiger partial charge on any atom is -0.497 e. The molecule has 9 heteroatoms. The molecule has 4 aromatic rings. The normalized spacial score (nSPS) is 11.2. The van der Waals surface area contributed by atoms with Crippen molar-refractivity contribution < 1.29 is 37.8 Å². The first-order chi connectivity index (χ1) is 25.5. The van der Waals surface area contributed by atoms with Crippen molar-refractivity contribution in [2.75, 3.05) is 69.8 Å². The summed E-state index contributed by atoms with van der Waals surface area (Å²) in [6.07, 6.45) is 7.36. The van der Waals surface area contributed by atoms with Crippen LogP contribution in [-0.4, -0.2) is 86.7 Å². The van der Waals surface area contributed by atoms with Crippen molar-refractivity contribution in [2.24, 2.45) is 11.8 Å². The Bertz CT molecular complexity index is 1310. The van der Waals surface area contributed by atoms with Crippen molar-refractivity contribution in [3.8, 4) is 23.0 Å². The molecule has 53 heavy (non-hydrogen) atoms. The smallest absolute Gasteiger partial charge is 0.497 e. The first-order valence-corrected chi connectivity index (χ1v) is 18.7. The summed E-state index contributed by atoms with van der Waals surface area (Å²) in [5.74, 6) is 4.27. The van der Waals surface area contributed by atoms with Gasteiger partial charge in [-0.1, -0.05) is 48.5 Å². The van der Waals surface area contributed by atoms with Crippen LogP contribution in [0.25, 0.3) is 0 Å². The second-order valence-corrected chi connectivity index (χ2v) is 15.0. The van der Waals surface area contributed by atoms with Crippen LogP contribution in [0.2, 0.25) is 0 Å². The minimum absolute atomic E-state index is 0.418. The maximum atomic E-state index is 10.4. The standard InChI is InChI=1S/C40H51BO7.C4H12N/c1-43-37-17-9-31(10-18-37)27-35(28-32-11-19-38(44-2)20-12-32)7-5-25-47-41(42)48-26-6-8-36(29-33-13-21-39(45-3)22-14-33)30-34-15-23-40(46-4)24-16-34;1-5(2,3)4/h9-24,35-36,42H,5-8,25-30H2,1-4H3;1-4H3/q;+1. The van der Waals surface area contributed by atoms with Crippen molar-refractivity contribution in [3.05, 3.63) is 119 Å². The number of rotatable bonds is 22. The van der Waals surface area contributed by atoms with Gasteiger partial charge >= 0.3 is 7.32 Å². The van der Waals surface area contributed by atoms with Gasteiger partial charge in [0.1, 0.15) is 23.0 Å². The van der Waals surface area contributed by atoms with E-state index in [2.05, 4.69) is 76.7 Å². The Morgan fingerprint density at radius 1 is 0.453 bits per heavy atom. The molecule has 8 nitrogen and oxygen atoms in total. The first-order valence-electron chi connectivity index (χ1n) is 18.7. The molecular weight excluding hydrogens is 665 g/mol. The largest absolute Gasteiger partial charge is 0.636 e. The molecule has 1 N–H and O–H groups in total. The molecular formula is C44H63BNO7+. The maximum absolute atomic E-state index is 10.4. The molecule has 0 aliphatic rings. The number of benzene rings is 4. The summed E-state index contributed by atoms with van der Waals surface area (Å²) in [7, 11) is 14.0. The zero-order valence-electron chi connectivity index (χ0n) is 33.4. The molecule has 0 aliphatic carbocycles. The molecule has 0 radical (unpaired) electrons. The SMILES string of the molecule is COc1ccc(CC(CCCOB(O)OCCCC(Cc2ccc(OC)cc2)Cc2ccc(OC)cc2)Cc2ccc(OC)cc2)cc1.C[N+](C)(C)C. The third-order valence-corrected chi connectivity index (χ3v) is 8.77. The molecule has 0 spiro atoms. The molecule has 0 unspecified atom stereocenters. The third-order valence-electron chi connectivity index (χ3n) is 8.77. The van der Waals surface area contributed by atoms with Gasteiger partial charge in [-0.2, -0.15) is 0 Å². The molecule has 4 rings (SSSR count). The summed E-state index contributed by atoms with van der Waals surface area (Å²) >= 11 is 0. The van der Waals surface area contributed by atoms with Crippen molar-refractivity contribution in [1.29, 1.82) is 0 Å². The van der Waals surface area contributed by atoms with Crippen LogP contribution in [-0.2, 0) is 35.0 Å². The van der Waals surface area contributed by atoms with Gasteiger partial charge in [0.05, 0.1) is 56.6 Å². The second-order valence-electron chi connectivity index (χ2n) is 15.0. The van der Waals surface area contributed by atoms with E-state index in [0.29, 0.717) is 25.0 Å². The number of hydrogen-bond acceptors (Lipinski definition) is 7. The summed E-state index contributed by atoms with van der Waals surface area (Å²) < 4.78 is 33.7. The summed E-state index contributed by atoms with van der Waals surface area (Å²) in [5.41, 5.74) is 5.10. The van der Waals surface area contributed by atoms with E-state index in [1.165, 1.54) is 22.3 Å². The number of nitrogens with zero attached hydrogens (tertiary/aromatic N) is 1. The van der Waals surface area contributed by atoms with E-state index in [-0.39, 0.29) is 0 Å². The van der Waals surface area contributed by atoms with E-state index in [9.17, 15) is 5.02 Å². The fourth-order valence-electron chi connectivity index (χ4n) is 6.09. The van der Waals surface area contributed by atoms with E-state index >= 15 is 0 Å². The highest BCUT2D eigenvalue weighted by Gasteiger charge is 2.18. The Kier molecular flexibility index (Phi) is 19.3. The highest BCUT2D eigenvalue weighted by Crippen LogP contribution is 2.25. The Hall–Kier alpha value is -4.02. The Morgan fingerprint density at radius 3 is 0.887 bits per heavy atom. The van der Waals surface area contributed by atoms with Crippen LogP contribution in [0.1, 0.15) is 47.9 Å². The fraction of sp³-hybridized carbons (Fsp3) is 0.455. The summed E-state index contributed by atoms with van der Waals surface area (Å²) in [4.78, 5) is 0. The fourth-order valence-corrected chi connectivity index (χ4v) is 6.09. The van der Waals surface area contributed by atoms with Gasteiger partial charge in [-0.3, -0.25) is 0 Å². The number of hydrogen-bond donors (Lipinski definition) is 1. The van der Waals surface area contributed by atoms with Gasteiger partial charge < -0.3 is 37.8 Å². The molecule has 0 amide bonds. The quantitative estimate of drug-likeness (QED) is 0.0498. The average Bonchev–Trinajstić information content (AvgIpc) is 3.15. The monoisotopic (exact) mass is 728 g/mol. The van der Waals surface area contributed by atoms with Gasteiger partial charge in [0.2, 0.25) is 0 Å². The minimum atomic E-state index is -1.23. The van der Waals surface area contributed by atoms with Crippen LogP contribution in [0.5, 0.6) is 23.0 Å². The Morgan fingerprint density at radius 2 is 0.679 bits per heavy atom. The van der Waals surface area contributed by atoms with E-state index in [1.54, 1.807) is 28.4 Å². The zero-order valence-corrected chi connectivity index (χ0v) is 33.4. The van der Waals surface area contributed by atoms with Gasteiger partial charge in [-0.15, -0.1) is 0 Å². The van der Waals surface area contributed by atoms with Crippen molar-refractivity contribution in [1.82, 2.24) is 0 Å². The van der Waals surface area contributed by atoms with E-state index in [1.807, 2.05) is 48.5 Å². The van der Waals surface area contributed by atoms with Crippen LogP contribution in [0, 0.1) is 11.8 Å². The van der Waals surface area contributed by atoms with E-state index < -0.39 is 7.32 Å². The lowest BCUT2D eigenvalue weighted by Crippen LogP contribution is -2.27. The summed E-state index contributed by atoms with van der Waals surface area (Å²) in [6.45, 7) is 0.862. The van der Waals surface area contributed by atoms with Gasteiger partial charge in [0, 0.05) is 13.2 Å². The molecule has 4 aromatic carbocycles. The molecule has 288 valence electrons. The first kappa shape index (κ1) is 43.4. The summed E-state index contributed by atoms with van der Waals surface area (Å²) in [6, 6.07) is 33.1.